The zero-order valence-corrected chi connectivity index (χ0v) is 42.0. The lowest BCUT2D eigenvalue weighted by Gasteiger charge is -2.48. The third kappa shape index (κ3) is 30.9. The summed E-state index contributed by atoms with van der Waals surface area (Å²) >= 11 is 0. The lowest BCUT2D eigenvalue weighted by molar-refractivity contribution is -0.360. The van der Waals surface area contributed by atoms with Crippen LogP contribution in [0, 0.1) is 23.7 Å². The van der Waals surface area contributed by atoms with Gasteiger partial charge < -0.3 is 58.2 Å². The highest BCUT2D eigenvalue weighted by Gasteiger charge is 2.47. The van der Waals surface area contributed by atoms with E-state index in [-0.39, 0.29) is 54.8 Å². The Bertz CT molecular complexity index is 1180. The molecule has 1 fully saturated rings. The predicted octanol–water partition coefficient (Wildman–Crippen LogP) is 6.96. The number of likely N-dealkylation sites (N-methyl/N-ethyl adjacent to an activating group) is 1. The molecule has 0 bridgehead atoms. The van der Waals surface area contributed by atoms with Crippen LogP contribution in [0.15, 0.2) is 24.3 Å². The molecule has 0 saturated carbocycles. The summed E-state index contributed by atoms with van der Waals surface area (Å²) in [6.07, 6.45) is 13.3. The Balaban J connectivity index is -0.000000450. The van der Waals surface area contributed by atoms with Crippen LogP contribution in [0.3, 0.4) is 0 Å². The number of ether oxygens (including phenoxy) is 6. The lowest BCUT2D eigenvalue weighted by Crippen LogP contribution is -2.57. The van der Waals surface area contributed by atoms with Crippen molar-refractivity contribution >= 4 is 31.5 Å². The molecule has 64 heavy (non-hydrogen) atoms. The molecule has 0 amide bonds. The van der Waals surface area contributed by atoms with Crippen molar-refractivity contribution in [3.05, 3.63) is 24.3 Å². The van der Waals surface area contributed by atoms with Crippen molar-refractivity contribution in [2.75, 3.05) is 48.6 Å². The van der Waals surface area contributed by atoms with Gasteiger partial charge in [0, 0.05) is 46.5 Å². The number of allylic oxidation sites excluding steroid dienone is 3. The van der Waals surface area contributed by atoms with Crippen LogP contribution in [0.25, 0.3) is 0 Å². The van der Waals surface area contributed by atoms with E-state index in [9.17, 15) is 14.7 Å². The molecule has 378 valence electrons. The third-order valence-corrected chi connectivity index (χ3v) is 10.9. The molecule has 2 rings (SSSR count). The Kier molecular flexibility index (Phi) is 44.8. The molecule has 0 aromatic carbocycles. The second-order valence-corrected chi connectivity index (χ2v) is 16.0. The monoisotopic (exact) mass is 924 g/mol. The molecule has 13 unspecified atom stereocenters. The minimum atomic E-state index is -0.641. The van der Waals surface area contributed by atoms with Crippen LogP contribution in [0.1, 0.15) is 121 Å². The number of carbonyl (C=O) groups is 5. The van der Waals surface area contributed by atoms with Crippen LogP contribution in [-0.4, -0.2) is 155 Å². The number of aliphatic hydroxyl groups excluding tert-OH is 1. The zero-order chi connectivity index (χ0) is 50.3. The molecule has 13 atom stereocenters. The van der Waals surface area contributed by atoms with Crippen molar-refractivity contribution in [1.82, 2.24) is 4.90 Å². The van der Waals surface area contributed by atoms with E-state index < -0.39 is 24.6 Å². The van der Waals surface area contributed by atoms with Gasteiger partial charge >= 0.3 is 5.97 Å². The molecule has 1 saturated heterocycles. The smallest absolute Gasteiger partial charge is 0.308 e. The van der Waals surface area contributed by atoms with E-state index in [4.69, 9.17) is 62.8 Å². The van der Waals surface area contributed by atoms with Crippen LogP contribution in [0.4, 0.5) is 0 Å². The van der Waals surface area contributed by atoms with Crippen molar-refractivity contribution in [3.8, 4) is 0 Å². The Morgan fingerprint density at radius 2 is 1.52 bits per heavy atom. The summed E-state index contributed by atoms with van der Waals surface area (Å²) in [5.41, 5.74) is -0.348. The maximum Gasteiger partial charge on any atom is 0.308 e. The number of aliphatic hydroxyl groups is 1. The predicted molar refractivity (Wildman–Crippen MR) is 247 cm³/mol. The molecule has 2 aliphatic rings. The normalized spacial score (nSPS) is 27.6. The van der Waals surface area contributed by atoms with Gasteiger partial charge in [0.25, 0.3) is 12.9 Å². The van der Waals surface area contributed by atoms with Crippen LogP contribution in [0.5, 0.6) is 0 Å². The first-order valence-electron chi connectivity index (χ1n) is 22.3. The first-order chi connectivity index (χ1) is 30.2. The fourth-order valence-corrected chi connectivity index (χ4v) is 7.39. The number of hydrogen-bond acceptors (Lipinski definition) is 15. The molecule has 17 heteroatoms. The highest BCUT2D eigenvalue weighted by molar-refractivity contribution is 5.70. The standard InChI is InChI=1S/C21H43NO7.C19H32O3.C3H6O.C2H4O.2CH2O2/c1-10-17-15(3)27-18(13-21(17,5)25-9)28-20(19(14(2)23)22(6)7)16(4)29-26-12-11-24-8;1-6-17-12-15(3)14(2)10-8-7-9-11-16(4)22-19(20)13-18(17)21-5;1-2-3-4;1-2-3;2*2-1-3/h14-20,23H,10-13H2,1-9H3;7-10,14-18H,6,11-13H2,1-5H3;3H,2H2,1H3;2H,1H3;2*1H,(H,2,3). The van der Waals surface area contributed by atoms with E-state index in [0.29, 0.717) is 50.2 Å². The molecule has 0 radical (unpaired) electrons. The Hall–Kier alpha value is -3.13. The molecule has 2 heterocycles. The second kappa shape index (κ2) is 42.5. The molecule has 0 spiro atoms. The van der Waals surface area contributed by atoms with Gasteiger partial charge in [-0.1, -0.05) is 65.3 Å². The summed E-state index contributed by atoms with van der Waals surface area (Å²) < 4.78 is 34.6. The number of hydrogen-bond donors (Lipinski definition) is 3. The van der Waals surface area contributed by atoms with Gasteiger partial charge in [0.2, 0.25) is 0 Å². The Morgan fingerprint density at radius 3 is 1.95 bits per heavy atom. The second-order valence-electron chi connectivity index (χ2n) is 16.0. The van der Waals surface area contributed by atoms with Gasteiger partial charge in [0.1, 0.15) is 37.5 Å². The fourth-order valence-electron chi connectivity index (χ4n) is 7.39. The van der Waals surface area contributed by atoms with Crippen LogP contribution >= 0.6 is 0 Å². The van der Waals surface area contributed by atoms with Crippen molar-refractivity contribution in [2.24, 2.45) is 23.7 Å². The van der Waals surface area contributed by atoms with Crippen molar-refractivity contribution in [2.45, 2.75) is 176 Å². The van der Waals surface area contributed by atoms with Crippen LogP contribution < -0.4 is 0 Å². The molecule has 2 aliphatic heterocycles. The van der Waals surface area contributed by atoms with Crippen molar-refractivity contribution in [1.29, 1.82) is 0 Å². The first kappa shape index (κ1) is 67.5. The maximum atomic E-state index is 12.1. The number of rotatable bonds is 16. The number of aldehydes is 2. The number of carboxylic acid groups (broad SMARTS) is 2. The summed E-state index contributed by atoms with van der Waals surface area (Å²) in [6, 6.07) is -0.312. The Morgan fingerprint density at radius 1 is 0.953 bits per heavy atom. The van der Waals surface area contributed by atoms with Gasteiger partial charge in [-0.3, -0.25) is 14.4 Å². The largest absolute Gasteiger partial charge is 0.483 e. The zero-order valence-electron chi connectivity index (χ0n) is 42.0. The first-order valence-corrected chi connectivity index (χ1v) is 22.3. The summed E-state index contributed by atoms with van der Waals surface area (Å²) in [5, 5.41) is 24.2. The molecular formula is C47H89NO16. The highest BCUT2D eigenvalue weighted by atomic mass is 17.2. The van der Waals surface area contributed by atoms with E-state index in [1.165, 1.54) is 6.92 Å². The summed E-state index contributed by atoms with van der Waals surface area (Å²) in [6.45, 7) is 22.1. The van der Waals surface area contributed by atoms with E-state index in [1.807, 2.05) is 39.8 Å². The molecular weight excluding hydrogens is 835 g/mol. The van der Waals surface area contributed by atoms with Crippen LogP contribution in [0.2, 0.25) is 0 Å². The average molecular weight is 924 g/mol. The number of methoxy groups -OCH3 is 3. The molecule has 0 aliphatic carbocycles. The van der Waals surface area contributed by atoms with Gasteiger partial charge in [0.15, 0.2) is 6.29 Å². The maximum absolute atomic E-state index is 12.1. The number of esters is 1. The molecule has 0 aromatic rings. The number of nitrogens with zero attached hydrogens (tertiary/aromatic N) is 1. The van der Waals surface area contributed by atoms with Gasteiger partial charge in [-0.25, -0.2) is 9.78 Å². The number of carbonyl (C=O) groups excluding carboxylic acids is 3. The van der Waals surface area contributed by atoms with Crippen LogP contribution in [-0.2, 0) is 62.2 Å². The Labute approximate surface area is 385 Å². The highest BCUT2D eigenvalue weighted by Crippen LogP contribution is 2.40. The third-order valence-electron chi connectivity index (χ3n) is 10.9. The molecule has 3 N–H and O–H groups in total. The molecule has 17 nitrogen and oxygen atoms in total. The quantitative estimate of drug-likeness (QED) is 0.0468. The van der Waals surface area contributed by atoms with Gasteiger partial charge in [0.05, 0.1) is 43.0 Å². The minimum Gasteiger partial charge on any atom is -0.483 e. The van der Waals surface area contributed by atoms with E-state index in [2.05, 4.69) is 65.8 Å². The topological polar surface area (TPSA) is 223 Å². The average Bonchev–Trinajstić information content (AvgIpc) is 3.23. The summed E-state index contributed by atoms with van der Waals surface area (Å²) in [7, 11) is 8.85. The van der Waals surface area contributed by atoms with E-state index in [0.717, 1.165) is 38.3 Å². The van der Waals surface area contributed by atoms with E-state index in [1.54, 1.807) is 28.3 Å². The van der Waals surface area contributed by atoms with Crippen molar-refractivity contribution in [3.63, 3.8) is 0 Å². The van der Waals surface area contributed by atoms with Crippen molar-refractivity contribution < 1.29 is 77.5 Å². The number of cyclic esters (lactones) is 1. The summed E-state index contributed by atoms with van der Waals surface area (Å²) in [5.74, 6) is 1.59. The minimum absolute atomic E-state index is 0.0112. The molecule has 0 aromatic heterocycles. The van der Waals surface area contributed by atoms with Gasteiger partial charge in [-0.05, 0) is 86.2 Å². The van der Waals surface area contributed by atoms with Gasteiger partial charge in [-0.15, -0.1) is 0 Å². The SMILES string of the molecule is CC=O.CCC1C(C)OC(OC(C(C)OOCCOC)C(C(C)O)N(C)C)CC1(C)OC.CCC1CC(C)C(C)C=CC=CCC(C)OC(=O)CC1OC.CCC=O.O=CO.O=CO. The lowest BCUT2D eigenvalue weighted by atomic mass is 9.78. The van der Waals surface area contributed by atoms with E-state index >= 15 is 0 Å². The fraction of sp³-hybridized carbons (Fsp3) is 0.809. The summed E-state index contributed by atoms with van der Waals surface area (Å²) in [4.78, 5) is 59.5. The van der Waals surface area contributed by atoms with Gasteiger partial charge in [-0.2, -0.15) is 0 Å².